The van der Waals surface area contributed by atoms with Gasteiger partial charge in [0.25, 0.3) is 0 Å². The van der Waals surface area contributed by atoms with Gasteiger partial charge in [0.1, 0.15) is 23.2 Å². The van der Waals surface area contributed by atoms with Gasteiger partial charge >= 0.3 is 0 Å². The maximum Gasteiger partial charge on any atom is 0.153 e. The molecule has 0 amide bonds. The average Bonchev–Trinajstić information content (AvgIpc) is 3.06. The van der Waals surface area contributed by atoms with Crippen molar-refractivity contribution in [3.05, 3.63) is 59.9 Å². The lowest BCUT2D eigenvalue weighted by Crippen LogP contribution is -1.97. The summed E-state index contributed by atoms with van der Waals surface area (Å²) in [6.45, 7) is 2.77. The van der Waals surface area contributed by atoms with Crippen LogP contribution in [0.3, 0.4) is 0 Å². The minimum Gasteiger partial charge on any atom is -0.506 e. The Labute approximate surface area is 146 Å². The van der Waals surface area contributed by atoms with E-state index in [1.54, 1.807) is 24.3 Å². The first-order valence-corrected chi connectivity index (χ1v) is 8.24. The molecule has 0 bridgehead atoms. The Morgan fingerprint density at radius 2 is 1.96 bits per heavy atom. The van der Waals surface area contributed by atoms with E-state index in [0.717, 1.165) is 29.6 Å². The number of H-pyrrole nitrogens is 1. The molecular formula is C20H19N3O2. The SMILES string of the molecule is CCCCOc1ccc(/C(O)=C(\C#N)c2nc3ccccc3[nH]2)cc1. The number of aromatic nitrogens is 2. The van der Waals surface area contributed by atoms with Crippen molar-refractivity contribution >= 4 is 22.4 Å². The molecule has 0 aliphatic rings. The number of aliphatic hydroxyl groups is 1. The number of nitrogens with zero attached hydrogens (tertiary/aromatic N) is 2. The highest BCUT2D eigenvalue weighted by Gasteiger charge is 2.14. The summed E-state index contributed by atoms with van der Waals surface area (Å²) in [6.07, 6.45) is 2.07. The van der Waals surface area contributed by atoms with E-state index < -0.39 is 0 Å². The summed E-state index contributed by atoms with van der Waals surface area (Å²) in [4.78, 5) is 7.44. The molecule has 5 nitrogen and oxygen atoms in total. The van der Waals surface area contributed by atoms with Crippen LogP contribution < -0.4 is 4.74 Å². The number of fused-ring (bicyclic) bond motifs is 1. The zero-order chi connectivity index (χ0) is 17.6. The molecule has 0 saturated heterocycles. The summed E-state index contributed by atoms with van der Waals surface area (Å²) < 4.78 is 5.61. The Balaban J connectivity index is 1.89. The minimum atomic E-state index is -0.110. The number of aliphatic hydroxyl groups excluding tert-OH is 1. The monoisotopic (exact) mass is 333 g/mol. The van der Waals surface area contributed by atoms with Gasteiger partial charge in [-0.1, -0.05) is 25.5 Å². The number of hydrogen-bond donors (Lipinski definition) is 2. The molecular weight excluding hydrogens is 314 g/mol. The molecule has 0 radical (unpaired) electrons. The number of allylic oxidation sites excluding steroid dienone is 1. The van der Waals surface area contributed by atoms with Gasteiger partial charge in [0.2, 0.25) is 0 Å². The molecule has 1 heterocycles. The second-order valence-corrected chi connectivity index (χ2v) is 5.66. The van der Waals surface area contributed by atoms with Crippen LogP contribution in [0.25, 0.3) is 22.4 Å². The van der Waals surface area contributed by atoms with E-state index in [1.807, 2.05) is 30.3 Å². The minimum absolute atomic E-state index is 0.107. The Morgan fingerprint density at radius 1 is 1.20 bits per heavy atom. The Kier molecular flexibility index (Phi) is 5.00. The lowest BCUT2D eigenvalue weighted by molar-refractivity contribution is 0.309. The number of para-hydroxylation sites is 2. The molecule has 0 atom stereocenters. The van der Waals surface area contributed by atoms with Crippen LogP contribution in [0, 0.1) is 11.3 Å². The van der Waals surface area contributed by atoms with Crippen LogP contribution in [-0.4, -0.2) is 21.7 Å². The third kappa shape index (κ3) is 3.64. The molecule has 2 N–H and O–H groups in total. The number of ether oxygens (including phenoxy) is 1. The molecule has 0 unspecified atom stereocenters. The Morgan fingerprint density at radius 3 is 2.64 bits per heavy atom. The zero-order valence-electron chi connectivity index (χ0n) is 14.0. The number of imidazole rings is 1. The fraction of sp³-hybridized carbons (Fsp3) is 0.200. The van der Waals surface area contributed by atoms with Crippen LogP contribution in [0.5, 0.6) is 5.75 Å². The van der Waals surface area contributed by atoms with Crippen molar-refractivity contribution in [1.82, 2.24) is 9.97 Å². The second kappa shape index (κ2) is 7.54. The number of benzene rings is 2. The first-order valence-electron chi connectivity index (χ1n) is 8.24. The summed E-state index contributed by atoms with van der Waals surface area (Å²) >= 11 is 0. The molecule has 126 valence electrons. The summed E-state index contributed by atoms with van der Waals surface area (Å²) in [5.74, 6) is 0.985. The summed E-state index contributed by atoms with van der Waals surface area (Å²) in [5, 5.41) is 20.0. The van der Waals surface area contributed by atoms with Gasteiger partial charge in [0.15, 0.2) is 5.82 Å². The maximum absolute atomic E-state index is 10.5. The van der Waals surface area contributed by atoms with Gasteiger partial charge in [-0.15, -0.1) is 0 Å². The van der Waals surface area contributed by atoms with Crippen molar-refractivity contribution in [2.45, 2.75) is 19.8 Å². The third-order valence-electron chi connectivity index (χ3n) is 3.87. The molecule has 3 aromatic rings. The molecule has 0 aliphatic heterocycles. The van der Waals surface area contributed by atoms with E-state index >= 15 is 0 Å². The number of aromatic amines is 1. The van der Waals surface area contributed by atoms with Gasteiger partial charge in [-0.2, -0.15) is 5.26 Å². The molecule has 25 heavy (non-hydrogen) atoms. The van der Waals surface area contributed by atoms with E-state index in [0.29, 0.717) is 18.0 Å². The van der Waals surface area contributed by atoms with E-state index in [9.17, 15) is 10.4 Å². The van der Waals surface area contributed by atoms with Crippen molar-refractivity contribution in [2.75, 3.05) is 6.61 Å². The summed E-state index contributed by atoms with van der Waals surface area (Å²) in [5.41, 5.74) is 2.21. The van der Waals surface area contributed by atoms with Gasteiger partial charge in [0, 0.05) is 5.56 Å². The topological polar surface area (TPSA) is 81.9 Å². The standard InChI is InChI=1S/C20H19N3O2/c1-2-3-12-25-15-10-8-14(9-11-15)19(24)16(13-21)20-22-17-6-4-5-7-18(17)23-20/h4-11,24H,2-3,12H2,1H3,(H,22,23)/b19-16-. The number of unbranched alkanes of at least 4 members (excludes halogenated alkanes) is 1. The summed E-state index contributed by atoms with van der Waals surface area (Å²) in [6, 6.07) is 16.6. The van der Waals surface area contributed by atoms with Crippen molar-refractivity contribution in [3.63, 3.8) is 0 Å². The highest BCUT2D eigenvalue weighted by molar-refractivity contribution is 5.94. The van der Waals surface area contributed by atoms with Gasteiger partial charge in [0.05, 0.1) is 17.6 Å². The highest BCUT2D eigenvalue weighted by Crippen LogP contribution is 2.25. The maximum atomic E-state index is 10.5. The molecule has 0 saturated carbocycles. The van der Waals surface area contributed by atoms with Crippen LogP contribution >= 0.6 is 0 Å². The van der Waals surface area contributed by atoms with E-state index in [-0.39, 0.29) is 11.3 Å². The lowest BCUT2D eigenvalue weighted by Gasteiger charge is -2.07. The predicted molar refractivity (Wildman–Crippen MR) is 98.0 cm³/mol. The van der Waals surface area contributed by atoms with Crippen LogP contribution in [0.2, 0.25) is 0 Å². The fourth-order valence-electron chi connectivity index (χ4n) is 2.48. The molecule has 0 spiro atoms. The predicted octanol–water partition coefficient (Wildman–Crippen LogP) is 4.69. The highest BCUT2D eigenvalue weighted by atomic mass is 16.5. The van der Waals surface area contributed by atoms with Crippen LogP contribution in [0.15, 0.2) is 48.5 Å². The molecule has 5 heteroatoms. The van der Waals surface area contributed by atoms with Gasteiger partial charge in [-0.05, 0) is 42.8 Å². The fourth-order valence-corrected chi connectivity index (χ4v) is 2.48. The van der Waals surface area contributed by atoms with Gasteiger partial charge in [-0.25, -0.2) is 4.98 Å². The molecule has 0 fully saturated rings. The quantitative estimate of drug-likeness (QED) is 0.389. The van der Waals surface area contributed by atoms with Crippen LogP contribution in [0.4, 0.5) is 0 Å². The smallest absolute Gasteiger partial charge is 0.153 e. The van der Waals surface area contributed by atoms with Gasteiger partial charge in [-0.3, -0.25) is 0 Å². The molecule has 3 rings (SSSR count). The number of rotatable bonds is 6. The number of nitrogens with one attached hydrogen (secondary N) is 1. The first-order chi connectivity index (χ1) is 12.2. The zero-order valence-corrected chi connectivity index (χ0v) is 14.0. The Bertz CT molecular complexity index is 900. The molecule has 1 aromatic heterocycles. The number of hydrogen-bond acceptors (Lipinski definition) is 4. The van der Waals surface area contributed by atoms with Crippen LogP contribution in [-0.2, 0) is 0 Å². The second-order valence-electron chi connectivity index (χ2n) is 5.66. The van der Waals surface area contributed by atoms with E-state index in [2.05, 4.69) is 16.9 Å². The average molecular weight is 333 g/mol. The normalized spacial score (nSPS) is 11.8. The van der Waals surface area contributed by atoms with Crippen molar-refractivity contribution in [2.24, 2.45) is 0 Å². The summed E-state index contributed by atoms with van der Waals surface area (Å²) in [7, 11) is 0. The largest absolute Gasteiger partial charge is 0.506 e. The van der Waals surface area contributed by atoms with Crippen molar-refractivity contribution in [3.8, 4) is 11.8 Å². The Hall–Kier alpha value is -3.26. The molecule has 0 aliphatic carbocycles. The molecule has 2 aromatic carbocycles. The third-order valence-corrected chi connectivity index (χ3v) is 3.87. The van der Waals surface area contributed by atoms with Gasteiger partial charge < -0.3 is 14.8 Å². The first kappa shape index (κ1) is 16.6. The lowest BCUT2D eigenvalue weighted by atomic mass is 10.1. The van der Waals surface area contributed by atoms with E-state index in [4.69, 9.17) is 4.74 Å². The van der Waals surface area contributed by atoms with Crippen molar-refractivity contribution in [1.29, 1.82) is 5.26 Å². The number of nitriles is 1. The van der Waals surface area contributed by atoms with E-state index in [1.165, 1.54) is 0 Å². The van der Waals surface area contributed by atoms with Crippen molar-refractivity contribution < 1.29 is 9.84 Å². The van der Waals surface area contributed by atoms with Crippen LogP contribution in [0.1, 0.15) is 31.2 Å².